The predicted octanol–water partition coefficient (Wildman–Crippen LogP) is 2.39. The highest BCUT2D eigenvalue weighted by Gasteiger charge is 2.36. The topological polar surface area (TPSA) is 105 Å². The second kappa shape index (κ2) is 9.30. The molecule has 168 valence electrons. The fraction of sp³-hybridized carbons (Fsp3) is 0.375. The first-order valence-corrected chi connectivity index (χ1v) is 10.8. The molecule has 3 N–H and O–H groups in total. The third-order valence-electron chi connectivity index (χ3n) is 6.27. The quantitative estimate of drug-likeness (QED) is 0.723. The monoisotopic (exact) mass is 436 g/mol. The molecule has 3 amide bonds. The molecule has 2 saturated heterocycles. The van der Waals surface area contributed by atoms with Crippen LogP contribution in [0.4, 0.5) is 17.1 Å². The van der Waals surface area contributed by atoms with Crippen LogP contribution in [-0.4, -0.2) is 44.5 Å². The molecule has 8 heteroatoms. The van der Waals surface area contributed by atoms with E-state index in [1.807, 2.05) is 42.5 Å². The van der Waals surface area contributed by atoms with E-state index in [9.17, 15) is 14.4 Å². The van der Waals surface area contributed by atoms with Gasteiger partial charge in [0.2, 0.25) is 17.7 Å². The van der Waals surface area contributed by atoms with Crippen LogP contribution in [0, 0.1) is 11.8 Å². The van der Waals surface area contributed by atoms with E-state index in [-0.39, 0.29) is 30.1 Å². The highest BCUT2D eigenvalue weighted by Crippen LogP contribution is 2.33. The summed E-state index contributed by atoms with van der Waals surface area (Å²) in [6, 6.07) is 15.0. The summed E-state index contributed by atoms with van der Waals surface area (Å²) in [5.41, 5.74) is 7.82. The van der Waals surface area contributed by atoms with Gasteiger partial charge in [0.15, 0.2) is 0 Å². The Hall–Kier alpha value is -3.55. The maximum absolute atomic E-state index is 12.8. The Morgan fingerprint density at radius 1 is 1.03 bits per heavy atom. The van der Waals surface area contributed by atoms with Gasteiger partial charge in [0.05, 0.1) is 18.7 Å². The minimum atomic E-state index is -0.431. The van der Waals surface area contributed by atoms with E-state index in [2.05, 4.69) is 10.2 Å². The average molecular weight is 437 g/mol. The molecule has 0 aromatic heterocycles. The van der Waals surface area contributed by atoms with Crippen molar-refractivity contribution in [1.29, 1.82) is 0 Å². The smallest absolute Gasteiger partial charge is 0.229 e. The number of anilines is 3. The van der Waals surface area contributed by atoms with Gasteiger partial charge in [-0.25, -0.2) is 0 Å². The van der Waals surface area contributed by atoms with Crippen LogP contribution in [0.5, 0.6) is 5.75 Å². The van der Waals surface area contributed by atoms with Crippen molar-refractivity contribution in [2.75, 3.05) is 41.9 Å². The summed E-state index contributed by atoms with van der Waals surface area (Å²) in [4.78, 5) is 40.5. The van der Waals surface area contributed by atoms with Gasteiger partial charge in [0, 0.05) is 43.3 Å². The summed E-state index contributed by atoms with van der Waals surface area (Å²) in [6.45, 7) is 1.88. The normalized spacial score (nSPS) is 19.2. The zero-order chi connectivity index (χ0) is 22.7. The molecular formula is C24H28N4O4. The molecule has 1 atom stereocenters. The number of primary amides is 1. The number of hydrogen-bond donors (Lipinski definition) is 2. The summed E-state index contributed by atoms with van der Waals surface area (Å²) < 4.78 is 5.35. The Kier molecular flexibility index (Phi) is 6.30. The molecule has 2 aliphatic heterocycles. The summed E-state index contributed by atoms with van der Waals surface area (Å²) >= 11 is 0. The van der Waals surface area contributed by atoms with Gasteiger partial charge in [0.25, 0.3) is 0 Å². The summed E-state index contributed by atoms with van der Waals surface area (Å²) in [6.07, 6.45) is 1.68. The minimum absolute atomic E-state index is 0.0469. The van der Waals surface area contributed by atoms with Crippen LogP contribution < -0.4 is 25.6 Å². The molecule has 2 aliphatic rings. The second-order valence-corrected chi connectivity index (χ2v) is 8.28. The highest BCUT2D eigenvalue weighted by molar-refractivity contribution is 6.04. The van der Waals surface area contributed by atoms with E-state index in [0.717, 1.165) is 31.6 Å². The number of carbonyl (C=O) groups excluding carboxylic acids is 3. The van der Waals surface area contributed by atoms with Crippen molar-refractivity contribution in [1.82, 2.24) is 0 Å². The third-order valence-corrected chi connectivity index (χ3v) is 6.27. The van der Waals surface area contributed by atoms with Crippen LogP contribution in [0.2, 0.25) is 0 Å². The first-order chi connectivity index (χ1) is 15.5. The molecule has 8 nitrogen and oxygen atoms in total. The second-order valence-electron chi connectivity index (χ2n) is 8.28. The third kappa shape index (κ3) is 4.54. The molecule has 2 heterocycles. The first kappa shape index (κ1) is 21.7. The summed E-state index contributed by atoms with van der Waals surface area (Å²) in [7, 11) is 1.56. The largest absolute Gasteiger partial charge is 0.495 e. The standard InChI is InChI=1S/C24H28N4O4/c1-32-21-5-3-2-4-20(21)28-15-17(14-22(28)29)24(31)26-18-6-8-19(9-7-18)27-12-10-16(11-13-27)23(25)30/h2-9,16-17H,10-15H2,1H3,(H2,25,30)(H,26,31). The fourth-order valence-corrected chi connectivity index (χ4v) is 4.39. The van der Waals surface area contributed by atoms with Gasteiger partial charge in [-0.1, -0.05) is 12.1 Å². The number of nitrogens with zero attached hydrogens (tertiary/aromatic N) is 2. The van der Waals surface area contributed by atoms with Gasteiger partial charge in [-0.2, -0.15) is 0 Å². The molecule has 0 bridgehead atoms. The Morgan fingerprint density at radius 2 is 1.72 bits per heavy atom. The summed E-state index contributed by atoms with van der Waals surface area (Å²) in [5.74, 6) is -0.362. The molecule has 0 aliphatic carbocycles. The number of rotatable bonds is 6. The van der Waals surface area contributed by atoms with Crippen molar-refractivity contribution in [2.45, 2.75) is 19.3 Å². The Labute approximate surface area is 187 Å². The van der Waals surface area contributed by atoms with Crippen LogP contribution in [0.3, 0.4) is 0 Å². The molecule has 0 spiro atoms. The molecule has 32 heavy (non-hydrogen) atoms. The lowest BCUT2D eigenvalue weighted by Crippen LogP contribution is -2.38. The Balaban J connectivity index is 1.35. The number of ether oxygens (including phenoxy) is 1. The molecule has 0 radical (unpaired) electrons. The number of para-hydroxylation sites is 2. The zero-order valence-corrected chi connectivity index (χ0v) is 18.1. The molecule has 2 aromatic carbocycles. The number of carbonyl (C=O) groups is 3. The van der Waals surface area contributed by atoms with Crippen LogP contribution in [0.15, 0.2) is 48.5 Å². The number of nitrogens with two attached hydrogens (primary N) is 1. The van der Waals surface area contributed by atoms with Crippen LogP contribution >= 0.6 is 0 Å². The minimum Gasteiger partial charge on any atom is -0.495 e. The number of piperidine rings is 1. The van der Waals surface area contributed by atoms with Crippen molar-refractivity contribution in [3.63, 3.8) is 0 Å². The maximum atomic E-state index is 12.8. The van der Waals surface area contributed by atoms with E-state index in [1.54, 1.807) is 18.1 Å². The highest BCUT2D eigenvalue weighted by atomic mass is 16.5. The van der Waals surface area contributed by atoms with Crippen LogP contribution in [0.25, 0.3) is 0 Å². The lowest BCUT2D eigenvalue weighted by atomic mass is 9.96. The molecule has 2 fully saturated rings. The van der Waals surface area contributed by atoms with Gasteiger partial charge in [0.1, 0.15) is 5.75 Å². The molecule has 4 rings (SSSR count). The lowest BCUT2D eigenvalue weighted by Gasteiger charge is -2.32. The number of nitrogens with one attached hydrogen (secondary N) is 1. The van der Waals surface area contributed by atoms with Crippen LogP contribution in [0.1, 0.15) is 19.3 Å². The van der Waals surface area contributed by atoms with Crippen LogP contribution in [-0.2, 0) is 14.4 Å². The predicted molar refractivity (Wildman–Crippen MR) is 123 cm³/mol. The number of benzene rings is 2. The Bertz CT molecular complexity index is 999. The van der Waals surface area contributed by atoms with Crippen molar-refractivity contribution in [3.05, 3.63) is 48.5 Å². The number of amides is 3. The summed E-state index contributed by atoms with van der Waals surface area (Å²) in [5, 5.41) is 2.93. The van der Waals surface area contributed by atoms with Gasteiger partial charge >= 0.3 is 0 Å². The molecule has 1 unspecified atom stereocenters. The molecule has 0 saturated carbocycles. The van der Waals surface area contributed by atoms with E-state index < -0.39 is 5.92 Å². The maximum Gasteiger partial charge on any atom is 0.229 e. The van der Waals surface area contributed by atoms with E-state index in [0.29, 0.717) is 23.7 Å². The van der Waals surface area contributed by atoms with E-state index >= 15 is 0 Å². The number of methoxy groups -OCH3 is 1. The van der Waals surface area contributed by atoms with Crippen molar-refractivity contribution in [2.24, 2.45) is 17.6 Å². The van der Waals surface area contributed by atoms with Gasteiger partial charge in [-0.05, 0) is 49.2 Å². The number of hydrogen-bond acceptors (Lipinski definition) is 5. The van der Waals surface area contributed by atoms with E-state index in [4.69, 9.17) is 10.5 Å². The van der Waals surface area contributed by atoms with Gasteiger partial charge in [-0.3, -0.25) is 14.4 Å². The fourth-order valence-electron chi connectivity index (χ4n) is 4.39. The lowest BCUT2D eigenvalue weighted by molar-refractivity contribution is -0.122. The first-order valence-electron chi connectivity index (χ1n) is 10.8. The zero-order valence-electron chi connectivity index (χ0n) is 18.1. The molecular weight excluding hydrogens is 408 g/mol. The average Bonchev–Trinajstić information content (AvgIpc) is 3.21. The molecule has 2 aromatic rings. The van der Waals surface area contributed by atoms with E-state index in [1.165, 1.54) is 0 Å². The Morgan fingerprint density at radius 3 is 2.38 bits per heavy atom. The van der Waals surface area contributed by atoms with Gasteiger partial charge < -0.3 is 25.6 Å². The van der Waals surface area contributed by atoms with Crippen molar-refractivity contribution in [3.8, 4) is 5.75 Å². The van der Waals surface area contributed by atoms with Gasteiger partial charge in [-0.15, -0.1) is 0 Å². The van der Waals surface area contributed by atoms with Crippen molar-refractivity contribution < 1.29 is 19.1 Å². The van der Waals surface area contributed by atoms with Crippen molar-refractivity contribution >= 4 is 34.8 Å². The SMILES string of the molecule is COc1ccccc1N1CC(C(=O)Nc2ccc(N3CCC(C(N)=O)CC3)cc2)CC1=O.